The monoisotopic (exact) mass is 175 g/mol. The second kappa shape index (κ2) is 5.97. The van der Waals surface area contributed by atoms with Crippen LogP contribution >= 0.6 is 0 Å². The third kappa shape index (κ3) is 7.50. The summed E-state index contributed by atoms with van der Waals surface area (Å²) in [6.45, 7) is 5.22. The number of carbonyl (C=O) groups is 1. The van der Waals surface area contributed by atoms with Crippen LogP contribution in [-0.2, 0) is 9.53 Å². The van der Waals surface area contributed by atoms with E-state index < -0.39 is 5.97 Å². The molecule has 0 saturated heterocycles. The van der Waals surface area contributed by atoms with Crippen molar-refractivity contribution in [3.63, 3.8) is 0 Å². The molecule has 72 valence electrons. The van der Waals surface area contributed by atoms with Gasteiger partial charge in [-0.3, -0.25) is 9.69 Å². The number of nitrogens with zero attached hydrogens (tertiary/aromatic N) is 1. The minimum atomic E-state index is -0.804. The van der Waals surface area contributed by atoms with Crippen LogP contribution in [0.4, 0.5) is 0 Å². The van der Waals surface area contributed by atoms with Crippen molar-refractivity contribution in [3.05, 3.63) is 0 Å². The molecular weight excluding hydrogens is 158 g/mol. The molecular formula is C8H17NO3. The quantitative estimate of drug-likeness (QED) is 0.636. The second-order valence-corrected chi connectivity index (χ2v) is 3.05. The van der Waals surface area contributed by atoms with Crippen molar-refractivity contribution in [3.8, 4) is 0 Å². The smallest absolute Gasteiger partial charge is 0.317 e. The number of carboxylic acid groups (broad SMARTS) is 1. The minimum absolute atomic E-state index is 0.0709. The van der Waals surface area contributed by atoms with Gasteiger partial charge in [-0.15, -0.1) is 0 Å². The molecule has 12 heavy (non-hydrogen) atoms. The lowest BCUT2D eigenvalue weighted by molar-refractivity contribution is -0.138. The van der Waals surface area contributed by atoms with Crippen LogP contribution in [0, 0.1) is 0 Å². The van der Waals surface area contributed by atoms with Gasteiger partial charge >= 0.3 is 5.97 Å². The van der Waals surface area contributed by atoms with Crippen LogP contribution in [0.3, 0.4) is 0 Å². The Kier molecular flexibility index (Phi) is 5.66. The van der Waals surface area contributed by atoms with E-state index in [1.165, 1.54) is 0 Å². The number of aliphatic carboxylic acids is 1. The van der Waals surface area contributed by atoms with E-state index in [-0.39, 0.29) is 12.6 Å². The second-order valence-electron chi connectivity index (χ2n) is 3.05. The van der Waals surface area contributed by atoms with E-state index in [4.69, 9.17) is 9.84 Å². The SMILES string of the molecule is CC(C)OCCN(C)CC(=O)O. The summed E-state index contributed by atoms with van der Waals surface area (Å²) in [5, 5.41) is 8.41. The molecule has 0 bridgehead atoms. The van der Waals surface area contributed by atoms with E-state index in [1.54, 1.807) is 11.9 Å². The predicted molar refractivity (Wildman–Crippen MR) is 46.2 cm³/mol. The van der Waals surface area contributed by atoms with Crippen LogP contribution in [0.5, 0.6) is 0 Å². The summed E-state index contributed by atoms with van der Waals surface area (Å²) in [6, 6.07) is 0. The maximum Gasteiger partial charge on any atom is 0.317 e. The standard InChI is InChI=1S/C8H17NO3/c1-7(2)12-5-4-9(3)6-8(10)11/h7H,4-6H2,1-3H3,(H,10,11). The molecule has 0 unspecified atom stereocenters. The highest BCUT2D eigenvalue weighted by molar-refractivity contribution is 5.68. The fourth-order valence-corrected chi connectivity index (χ4v) is 0.754. The van der Waals surface area contributed by atoms with Crippen molar-refractivity contribution in [2.24, 2.45) is 0 Å². The van der Waals surface area contributed by atoms with Crippen LogP contribution in [0.2, 0.25) is 0 Å². The summed E-state index contributed by atoms with van der Waals surface area (Å²) in [4.78, 5) is 11.9. The maximum atomic E-state index is 10.2. The molecule has 0 saturated carbocycles. The fourth-order valence-electron chi connectivity index (χ4n) is 0.754. The molecule has 0 heterocycles. The molecule has 4 heteroatoms. The Morgan fingerprint density at radius 2 is 2.17 bits per heavy atom. The Labute approximate surface area is 73.1 Å². The first-order valence-electron chi connectivity index (χ1n) is 4.04. The van der Waals surface area contributed by atoms with Gasteiger partial charge in [0.2, 0.25) is 0 Å². The van der Waals surface area contributed by atoms with Crippen LogP contribution in [0.25, 0.3) is 0 Å². The summed E-state index contributed by atoms with van der Waals surface area (Å²) in [5.74, 6) is -0.804. The van der Waals surface area contributed by atoms with Crippen LogP contribution in [0.1, 0.15) is 13.8 Å². The molecule has 1 N–H and O–H groups in total. The van der Waals surface area contributed by atoms with E-state index in [0.717, 1.165) is 0 Å². The maximum absolute atomic E-state index is 10.2. The normalized spacial score (nSPS) is 11.1. The lowest BCUT2D eigenvalue weighted by Crippen LogP contribution is -2.29. The first-order chi connectivity index (χ1) is 5.52. The minimum Gasteiger partial charge on any atom is -0.480 e. The zero-order chi connectivity index (χ0) is 9.56. The zero-order valence-corrected chi connectivity index (χ0v) is 7.91. The van der Waals surface area contributed by atoms with E-state index in [0.29, 0.717) is 13.2 Å². The Balaban J connectivity index is 3.31. The average molecular weight is 175 g/mol. The van der Waals surface area contributed by atoms with Gasteiger partial charge < -0.3 is 9.84 Å². The van der Waals surface area contributed by atoms with Gasteiger partial charge in [0.15, 0.2) is 0 Å². The number of carboxylic acids is 1. The van der Waals surface area contributed by atoms with E-state index in [2.05, 4.69) is 0 Å². The summed E-state index contributed by atoms with van der Waals surface area (Å²) in [6.07, 6.45) is 0.211. The molecule has 0 aliphatic heterocycles. The topological polar surface area (TPSA) is 49.8 Å². The highest BCUT2D eigenvalue weighted by atomic mass is 16.5. The van der Waals surface area contributed by atoms with Crippen LogP contribution < -0.4 is 0 Å². The summed E-state index contributed by atoms with van der Waals surface area (Å²) >= 11 is 0. The predicted octanol–water partition coefficient (Wildman–Crippen LogP) is 0.428. The third-order valence-corrected chi connectivity index (χ3v) is 1.33. The fraction of sp³-hybridized carbons (Fsp3) is 0.875. The van der Waals surface area contributed by atoms with Crippen molar-refractivity contribution in [2.75, 3.05) is 26.7 Å². The van der Waals surface area contributed by atoms with E-state index >= 15 is 0 Å². The molecule has 4 nitrogen and oxygen atoms in total. The van der Waals surface area contributed by atoms with E-state index in [1.807, 2.05) is 13.8 Å². The molecule has 0 fully saturated rings. The van der Waals surface area contributed by atoms with Crippen molar-refractivity contribution < 1.29 is 14.6 Å². The lowest BCUT2D eigenvalue weighted by atomic mass is 10.5. The van der Waals surface area contributed by atoms with Crippen molar-refractivity contribution in [2.45, 2.75) is 20.0 Å². The molecule has 0 amide bonds. The molecule has 0 radical (unpaired) electrons. The van der Waals surface area contributed by atoms with Gasteiger partial charge in [0.25, 0.3) is 0 Å². The number of rotatable bonds is 6. The van der Waals surface area contributed by atoms with E-state index in [9.17, 15) is 4.79 Å². The number of likely N-dealkylation sites (N-methyl/N-ethyl adjacent to an activating group) is 1. The highest BCUT2D eigenvalue weighted by Crippen LogP contribution is 1.88. The molecule has 0 aliphatic carbocycles. The average Bonchev–Trinajstić information content (AvgIpc) is 1.84. The molecule has 0 atom stereocenters. The molecule has 0 aromatic heterocycles. The number of hydrogen-bond acceptors (Lipinski definition) is 3. The molecule has 0 aromatic carbocycles. The highest BCUT2D eigenvalue weighted by Gasteiger charge is 2.03. The van der Waals surface area contributed by atoms with Gasteiger partial charge in [-0.2, -0.15) is 0 Å². The Morgan fingerprint density at radius 1 is 1.58 bits per heavy atom. The van der Waals surface area contributed by atoms with Gasteiger partial charge in [-0.1, -0.05) is 0 Å². The third-order valence-electron chi connectivity index (χ3n) is 1.33. The van der Waals surface area contributed by atoms with Gasteiger partial charge in [-0.25, -0.2) is 0 Å². The van der Waals surface area contributed by atoms with Crippen LogP contribution in [-0.4, -0.2) is 48.8 Å². The van der Waals surface area contributed by atoms with Gasteiger partial charge in [0.1, 0.15) is 0 Å². The zero-order valence-electron chi connectivity index (χ0n) is 7.91. The molecule has 0 spiro atoms. The summed E-state index contributed by atoms with van der Waals surface area (Å²) in [7, 11) is 1.76. The summed E-state index contributed by atoms with van der Waals surface area (Å²) in [5.41, 5.74) is 0. The molecule has 0 aromatic rings. The van der Waals surface area contributed by atoms with Gasteiger partial charge in [-0.05, 0) is 20.9 Å². The molecule has 0 aliphatic rings. The largest absolute Gasteiger partial charge is 0.480 e. The van der Waals surface area contributed by atoms with Crippen molar-refractivity contribution in [1.29, 1.82) is 0 Å². The summed E-state index contributed by atoms with van der Waals surface area (Å²) < 4.78 is 5.26. The first-order valence-corrected chi connectivity index (χ1v) is 4.04. The Hall–Kier alpha value is -0.610. The van der Waals surface area contributed by atoms with Crippen molar-refractivity contribution >= 4 is 5.97 Å². The Bertz CT molecular complexity index is 136. The number of hydrogen-bond donors (Lipinski definition) is 1. The molecule has 0 rings (SSSR count). The lowest BCUT2D eigenvalue weighted by Gasteiger charge is -2.14. The number of ether oxygens (including phenoxy) is 1. The first kappa shape index (κ1) is 11.4. The van der Waals surface area contributed by atoms with Gasteiger partial charge in [0.05, 0.1) is 19.3 Å². The van der Waals surface area contributed by atoms with Crippen LogP contribution in [0.15, 0.2) is 0 Å². The van der Waals surface area contributed by atoms with Crippen molar-refractivity contribution in [1.82, 2.24) is 4.90 Å². The van der Waals surface area contributed by atoms with Gasteiger partial charge in [0, 0.05) is 6.54 Å². The Morgan fingerprint density at radius 3 is 2.58 bits per heavy atom.